The molecule has 2 heterocycles. The van der Waals surface area contributed by atoms with Crippen molar-refractivity contribution < 1.29 is 10.2 Å². The molecule has 8 nitrogen and oxygen atoms in total. The molecule has 49 heavy (non-hydrogen) atoms. The molecule has 236 valence electrons. The fraction of sp³-hybridized carbons (Fsp3) is 0. The molecule has 0 unspecified atom stereocenters. The summed E-state index contributed by atoms with van der Waals surface area (Å²) >= 11 is -0.740. The molecule has 0 spiro atoms. The van der Waals surface area contributed by atoms with E-state index in [0.29, 0.717) is 32.9 Å². The second kappa shape index (κ2) is 16.8. The number of nitrogens with zero attached hydrogens (tertiary/aromatic N) is 4. The van der Waals surface area contributed by atoms with Gasteiger partial charge in [-0.3, -0.25) is 10.9 Å². The third-order valence-electron chi connectivity index (χ3n) is 7.20. The molecule has 0 aliphatic heterocycles. The van der Waals surface area contributed by atoms with Gasteiger partial charge in [-0.05, 0) is 23.3 Å². The van der Waals surface area contributed by atoms with Gasteiger partial charge in [-0.15, -0.1) is 0 Å². The molecule has 7 rings (SSSR count). The zero-order valence-corrected chi connectivity index (χ0v) is 30.2. The molecular formula is C40H30N6O2Pb. The van der Waals surface area contributed by atoms with E-state index >= 15 is 0 Å². The molecule has 5 aromatic carbocycles. The predicted octanol–water partition coefficient (Wildman–Crippen LogP) is 2.22. The van der Waals surface area contributed by atoms with E-state index in [-0.39, 0.29) is 11.8 Å². The van der Waals surface area contributed by atoms with Crippen molar-refractivity contribution in [2.45, 2.75) is 0 Å². The van der Waals surface area contributed by atoms with Gasteiger partial charge in [0.1, 0.15) is 0 Å². The first-order chi connectivity index (χ1) is 24.1. The van der Waals surface area contributed by atoms with Crippen LogP contribution in [0.2, 0.25) is 0 Å². The Morgan fingerprint density at radius 3 is 1.20 bits per heavy atom. The molecule has 0 aliphatic carbocycles. The molecule has 9 heteroatoms. The van der Waals surface area contributed by atoms with Crippen LogP contribution in [-0.2, 0) is 0 Å². The van der Waals surface area contributed by atoms with Gasteiger partial charge in [0, 0.05) is 35.0 Å². The van der Waals surface area contributed by atoms with Gasteiger partial charge in [-0.1, -0.05) is 84.9 Å². The van der Waals surface area contributed by atoms with Crippen LogP contribution in [0, 0.1) is 0 Å². The van der Waals surface area contributed by atoms with Crippen LogP contribution in [0.15, 0.2) is 168 Å². The quantitative estimate of drug-likeness (QED) is 0.0798. The van der Waals surface area contributed by atoms with Crippen LogP contribution in [0.4, 0.5) is 0 Å². The van der Waals surface area contributed by atoms with Crippen LogP contribution in [0.3, 0.4) is 0 Å². The molecule has 0 saturated carbocycles. The number of fused-ring (bicyclic) bond motifs is 3. The Morgan fingerprint density at radius 1 is 0.469 bits per heavy atom. The molecule has 2 aromatic heterocycles. The molecule has 0 bridgehead atoms. The van der Waals surface area contributed by atoms with Crippen molar-refractivity contribution in [3.63, 3.8) is 0 Å². The minimum absolute atomic E-state index is 0.372. The van der Waals surface area contributed by atoms with E-state index in [0.717, 1.165) is 10.8 Å². The minimum atomic E-state index is -0.740. The molecule has 7 aromatic rings. The van der Waals surface area contributed by atoms with Gasteiger partial charge in [0.25, 0.3) is 0 Å². The third-order valence-corrected chi connectivity index (χ3v) is 12.0. The maximum absolute atomic E-state index is 12.2. The average Bonchev–Trinajstić information content (AvgIpc) is 3.16. The Balaban J connectivity index is 0.000000267. The number of aromatic nitrogens is 2. The molecular weight excluding hydrogens is 804 g/mol. The Hall–Kier alpha value is -5.88. The number of benzene rings is 5. The Morgan fingerprint density at radius 2 is 0.816 bits per heavy atom. The fourth-order valence-electron chi connectivity index (χ4n) is 4.77. The van der Waals surface area contributed by atoms with Crippen LogP contribution in [0.1, 0.15) is 11.1 Å². The van der Waals surface area contributed by atoms with Crippen molar-refractivity contribution in [1.82, 2.24) is 20.8 Å². The average molecular weight is 834 g/mol. The normalized spacial score (nSPS) is 12.2. The van der Waals surface area contributed by atoms with Crippen LogP contribution in [-0.4, -0.2) is 46.0 Å². The van der Waals surface area contributed by atoms with Crippen LogP contribution in [0.25, 0.3) is 34.2 Å². The number of rotatable bonds is 8. The van der Waals surface area contributed by atoms with Gasteiger partial charge >= 0.3 is 91.1 Å². The number of pyridine rings is 2. The second-order valence-electron chi connectivity index (χ2n) is 10.7. The van der Waals surface area contributed by atoms with E-state index in [9.17, 15) is 10.2 Å². The first-order valence-corrected chi connectivity index (χ1v) is 19.4. The molecule has 0 saturated heterocycles. The van der Waals surface area contributed by atoms with Gasteiger partial charge in [-0.25, -0.2) is 9.97 Å². The molecule has 0 radical (unpaired) electrons. The topological polar surface area (TPSA) is 121 Å². The first-order valence-electron chi connectivity index (χ1n) is 15.5. The summed E-state index contributed by atoms with van der Waals surface area (Å²) in [5.41, 5.74) is 7.75. The second-order valence-corrected chi connectivity index (χ2v) is 16.1. The molecule has 0 amide bonds. The van der Waals surface area contributed by atoms with Gasteiger partial charge < -0.3 is 10.2 Å². The summed E-state index contributed by atoms with van der Waals surface area (Å²) in [7, 11) is 0. The fourth-order valence-corrected chi connectivity index (χ4v) is 8.86. The molecule has 2 N–H and O–H groups in total. The van der Waals surface area contributed by atoms with E-state index in [4.69, 9.17) is 9.97 Å². The van der Waals surface area contributed by atoms with Crippen LogP contribution >= 0.6 is 0 Å². The number of hydrogen-bond acceptors (Lipinski definition) is 8. The van der Waals surface area contributed by atoms with Crippen molar-refractivity contribution in [2.75, 3.05) is 0 Å². The summed E-state index contributed by atoms with van der Waals surface area (Å²) in [4.78, 5) is 9.40. The van der Waals surface area contributed by atoms with Gasteiger partial charge in [-0.2, -0.15) is 10.2 Å². The third kappa shape index (κ3) is 9.36. The molecule has 0 atom stereocenters. The predicted molar refractivity (Wildman–Crippen MR) is 195 cm³/mol. The maximum atomic E-state index is 12.2. The van der Waals surface area contributed by atoms with Crippen molar-refractivity contribution in [2.24, 2.45) is 10.2 Å². The zero-order chi connectivity index (χ0) is 33.7. The first kappa shape index (κ1) is 33.0. The summed E-state index contributed by atoms with van der Waals surface area (Å²) in [6, 6.07) is 50.8. The van der Waals surface area contributed by atoms with Crippen molar-refractivity contribution >= 4 is 76.5 Å². The van der Waals surface area contributed by atoms with E-state index in [1.165, 1.54) is 0 Å². The standard InChI is InChI=1S/C28H22N6O2.2C6H5.Pb/c35-27(21-7-3-1-4-8-21)33-29-17-23-15-13-19-11-12-20-14-16-24(32-26(20)25(19)31-23)18-30-34-28(36)22-9-5-2-6-10-22;2*1-2-4-6-5-3-1;/h1-18,29-30H,(H,33,35)(H,34,36);2*1-5H;/q;;;+2/p-2/b23-17-,24-18-;;;. The van der Waals surface area contributed by atoms with Crippen LogP contribution in [0.5, 0.6) is 0 Å². The van der Waals surface area contributed by atoms with E-state index in [1.54, 1.807) is 67.2 Å². The van der Waals surface area contributed by atoms with E-state index < -0.39 is 24.2 Å². The Bertz CT molecular complexity index is 2160. The van der Waals surface area contributed by atoms with Crippen molar-refractivity contribution in [1.29, 1.82) is 0 Å². The van der Waals surface area contributed by atoms with Gasteiger partial charge in [0.05, 0.1) is 21.7 Å². The Labute approximate surface area is 295 Å². The summed E-state index contributed by atoms with van der Waals surface area (Å²) in [5, 5.41) is 35.1. The Kier molecular flexibility index (Phi) is 11.3. The van der Waals surface area contributed by atoms with E-state index in [1.807, 2.05) is 48.5 Å². The number of nitrogens with one attached hydrogen (secondary N) is 2. The SMILES string of the molecule is [O-]/C(=N\N/C=c1/ccc2ccc3cc/c(=C/N/N=C(\[O-])c4ccccc4)nc3c2n1)c1ccccc1.c1cc[c]([Pb+2][c]2ccccc2)cc1. The summed E-state index contributed by atoms with van der Waals surface area (Å²) in [6.07, 6.45) is 3.12. The monoisotopic (exact) mass is 834 g/mol. The van der Waals surface area contributed by atoms with Gasteiger partial charge in [0.2, 0.25) is 0 Å². The van der Waals surface area contributed by atoms with Crippen molar-refractivity contribution in [3.05, 3.63) is 180 Å². The summed E-state index contributed by atoms with van der Waals surface area (Å²) < 4.78 is 3.13. The number of hydrazone groups is 2. The van der Waals surface area contributed by atoms with Gasteiger partial charge in [0.15, 0.2) is 0 Å². The zero-order valence-electron chi connectivity index (χ0n) is 26.3. The summed E-state index contributed by atoms with van der Waals surface area (Å²) in [6.45, 7) is 0. The summed E-state index contributed by atoms with van der Waals surface area (Å²) in [5.74, 6) is -0.743. The van der Waals surface area contributed by atoms with Crippen molar-refractivity contribution in [3.8, 4) is 0 Å². The molecule has 0 fully saturated rings. The van der Waals surface area contributed by atoms with Crippen LogP contribution < -0.4 is 38.0 Å². The molecule has 0 aliphatic rings. The number of hydrogen-bond donors (Lipinski definition) is 2. The van der Waals surface area contributed by atoms with E-state index in [2.05, 4.69) is 81.7 Å².